The fourth-order valence-corrected chi connectivity index (χ4v) is 3.87. The molecule has 0 aliphatic carbocycles. The molecule has 0 aliphatic heterocycles. The Labute approximate surface area is 189 Å². The number of carbonyl (C=O) groups excluding carboxylic acids is 1. The maximum atomic E-state index is 12.6. The van der Waals surface area contributed by atoms with Crippen LogP contribution in [0.15, 0.2) is 42.6 Å². The standard InChI is InChI=1S/C23H20Cl2N2O4/c1-12(2)30-23(28)22-16(11-29-3)21-15-9-14(5-6-18(15)27-19(21)10-26-22)31-20-7-4-13(24)8-17(20)25/h4-10,12,27H,11H2,1-3H3. The Kier molecular flexibility index (Phi) is 6.05. The first-order valence-corrected chi connectivity index (χ1v) is 10.4. The number of hydrogen-bond donors (Lipinski definition) is 1. The topological polar surface area (TPSA) is 73.4 Å². The number of aromatic nitrogens is 2. The Morgan fingerprint density at radius 2 is 1.94 bits per heavy atom. The molecule has 0 fully saturated rings. The number of fused-ring (bicyclic) bond motifs is 3. The highest BCUT2D eigenvalue weighted by Crippen LogP contribution is 2.36. The average Bonchev–Trinajstić information content (AvgIpc) is 3.08. The van der Waals surface area contributed by atoms with Gasteiger partial charge < -0.3 is 19.2 Å². The number of esters is 1. The second-order valence-electron chi connectivity index (χ2n) is 7.27. The normalized spacial score (nSPS) is 11.4. The molecule has 0 spiro atoms. The zero-order chi connectivity index (χ0) is 22.1. The maximum Gasteiger partial charge on any atom is 0.357 e. The number of nitrogens with zero attached hydrogens (tertiary/aromatic N) is 1. The largest absolute Gasteiger partial charge is 0.458 e. The van der Waals surface area contributed by atoms with Crippen molar-refractivity contribution in [1.29, 1.82) is 0 Å². The first kappa shape index (κ1) is 21.4. The summed E-state index contributed by atoms with van der Waals surface area (Å²) in [6.45, 7) is 3.79. The predicted octanol–water partition coefficient (Wildman–Crippen LogP) is 6.53. The summed E-state index contributed by atoms with van der Waals surface area (Å²) in [6, 6.07) is 10.7. The zero-order valence-electron chi connectivity index (χ0n) is 17.2. The fourth-order valence-electron chi connectivity index (χ4n) is 3.42. The molecule has 0 bridgehead atoms. The van der Waals surface area contributed by atoms with Crippen LogP contribution in [-0.4, -0.2) is 29.2 Å². The van der Waals surface area contributed by atoms with Crippen LogP contribution in [0.3, 0.4) is 0 Å². The third kappa shape index (κ3) is 4.32. The highest BCUT2D eigenvalue weighted by molar-refractivity contribution is 6.35. The zero-order valence-corrected chi connectivity index (χ0v) is 18.7. The van der Waals surface area contributed by atoms with Gasteiger partial charge in [0.15, 0.2) is 5.69 Å². The molecule has 4 aromatic rings. The van der Waals surface area contributed by atoms with Gasteiger partial charge in [-0.05, 0) is 50.2 Å². The van der Waals surface area contributed by atoms with Crippen LogP contribution in [0, 0.1) is 0 Å². The molecule has 0 unspecified atom stereocenters. The molecule has 2 heterocycles. The summed E-state index contributed by atoms with van der Waals surface area (Å²) < 4.78 is 16.7. The van der Waals surface area contributed by atoms with Crippen LogP contribution < -0.4 is 4.74 Å². The van der Waals surface area contributed by atoms with Crippen LogP contribution in [0.25, 0.3) is 21.8 Å². The highest BCUT2D eigenvalue weighted by atomic mass is 35.5. The number of H-pyrrole nitrogens is 1. The number of aromatic amines is 1. The van der Waals surface area contributed by atoms with E-state index in [1.54, 1.807) is 45.4 Å². The number of methoxy groups -OCH3 is 1. The Hall–Kier alpha value is -2.80. The summed E-state index contributed by atoms with van der Waals surface area (Å²) >= 11 is 12.2. The summed E-state index contributed by atoms with van der Waals surface area (Å²) in [5.74, 6) is 0.591. The molecule has 1 N–H and O–H groups in total. The van der Waals surface area contributed by atoms with Crippen molar-refractivity contribution >= 4 is 51.0 Å². The van der Waals surface area contributed by atoms with Crippen molar-refractivity contribution in [3.8, 4) is 11.5 Å². The summed E-state index contributed by atoms with van der Waals surface area (Å²) in [4.78, 5) is 20.3. The van der Waals surface area contributed by atoms with E-state index in [9.17, 15) is 4.79 Å². The number of nitrogens with one attached hydrogen (secondary N) is 1. The molecule has 0 saturated carbocycles. The molecule has 0 radical (unpaired) electrons. The number of pyridine rings is 1. The molecule has 2 aromatic carbocycles. The van der Waals surface area contributed by atoms with E-state index in [0.29, 0.717) is 27.1 Å². The van der Waals surface area contributed by atoms with Gasteiger partial charge in [0.05, 0.1) is 29.4 Å². The number of hydrogen-bond acceptors (Lipinski definition) is 5. The quantitative estimate of drug-likeness (QED) is 0.332. The van der Waals surface area contributed by atoms with Gasteiger partial charge in [-0.15, -0.1) is 0 Å². The van der Waals surface area contributed by atoms with Crippen molar-refractivity contribution in [3.63, 3.8) is 0 Å². The minimum Gasteiger partial charge on any atom is -0.458 e. The van der Waals surface area contributed by atoms with Crippen LogP contribution in [0.1, 0.15) is 29.9 Å². The van der Waals surface area contributed by atoms with Crippen molar-refractivity contribution in [2.45, 2.75) is 26.6 Å². The van der Waals surface area contributed by atoms with Gasteiger partial charge in [-0.3, -0.25) is 0 Å². The van der Waals surface area contributed by atoms with Crippen molar-refractivity contribution in [3.05, 3.63) is 63.9 Å². The predicted molar refractivity (Wildman–Crippen MR) is 121 cm³/mol. The van der Waals surface area contributed by atoms with Crippen molar-refractivity contribution in [2.24, 2.45) is 0 Å². The monoisotopic (exact) mass is 458 g/mol. The van der Waals surface area contributed by atoms with E-state index in [1.165, 1.54) is 0 Å². The lowest BCUT2D eigenvalue weighted by Gasteiger charge is -2.12. The molecular weight excluding hydrogens is 439 g/mol. The average molecular weight is 459 g/mol. The molecule has 2 aromatic heterocycles. The van der Waals surface area contributed by atoms with Crippen LogP contribution in [-0.2, 0) is 16.1 Å². The molecule has 6 nitrogen and oxygen atoms in total. The minimum atomic E-state index is -0.487. The van der Waals surface area contributed by atoms with Crippen molar-refractivity contribution < 1.29 is 19.0 Å². The molecule has 0 saturated heterocycles. The number of rotatable bonds is 6. The summed E-state index contributed by atoms with van der Waals surface area (Å²) in [7, 11) is 1.57. The SMILES string of the molecule is COCc1c(C(=O)OC(C)C)ncc2[nH]c3ccc(Oc4ccc(Cl)cc4Cl)cc3c12. The van der Waals surface area contributed by atoms with E-state index >= 15 is 0 Å². The lowest BCUT2D eigenvalue weighted by molar-refractivity contribution is 0.0366. The smallest absolute Gasteiger partial charge is 0.357 e. The first-order valence-electron chi connectivity index (χ1n) is 9.63. The number of carbonyl (C=O) groups is 1. The van der Waals surface area contributed by atoms with Gasteiger partial charge in [-0.25, -0.2) is 9.78 Å². The van der Waals surface area contributed by atoms with Gasteiger partial charge in [-0.1, -0.05) is 23.2 Å². The van der Waals surface area contributed by atoms with Crippen LogP contribution in [0.5, 0.6) is 11.5 Å². The molecule has 8 heteroatoms. The van der Waals surface area contributed by atoms with E-state index in [2.05, 4.69) is 9.97 Å². The van der Waals surface area contributed by atoms with Gasteiger partial charge in [-0.2, -0.15) is 0 Å². The van der Waals surface area contributed by atoms with Gasteiger partial charge in [0.25, 0.3) is 0 Å². The van der Waals surface area contributed by atoms with Gasteiger partial charge in [0, 0.05) is 34.0 Å². The second kappa shape index (κ2) is 8.75. The number of ether oxygens (including phenoxy) is 3. The Morgan fingerprint density at radius 1 is 1.13 bits per heavy atom. The number of benzene rings is 2. The molecular formula is C23H20Cl2N2O4. The van der Waals surface area contributed by atoms with Crippen LogP contribution in [0.4, 0.5) is 0 Å². The Bertz CT molecular complexity index is 1280. The second-order valence-corrected chi connectivity index (χ2v) is 8.11. The van der Waals surface area contributed by atoms with Gasteiger partial charge >= 0.3 is 5.97 Å². The van der Waals surface area contributed by atoms with Crippen molar-refractivity contribution in [2.75, 3.05) is 7.11 Å². The lowest BCUT2D eigenvalue weighted by Crippen LogP contribution is -2.15. The molecule has 0 atom stereocenters. The summed E-state index contributed by atoms with van der Waals surface area (Å²) in [5.41, 5.74) is 2.54. The molecule has 31 heavy (non-hydrogen) atoms. The van der Waals surface area contributed by atoms with Crippen LogP contribution >= 0.6 is 23.2 Å². The highest BCUT2D eigenvalue weighted by Gasteiger charge is 2.21. The van der Waals surface area contributed by atoms with E-state index in [4.69, 9.17) is 37.4 Å². The Morgan fingerprint density at radius 3 is 2.65 bits per heavy atom. The molecule has 160 valence electrons. The lowest BCUT2D eigenvalue weighted by atomic mass is 10.1. The van der Waals surface area contributed by atoms with Crippen LogP contribution in [0.2, 0.25) is 10.0 Å². The van der Waals surface area contributed by atoms with Crippen molar-refractivity contribution in [1.82, 2.24) is 9.97 Å². The molecule has 0 aliphatic rings. The van der Waals surface area contributed by atoms with E-state index in [1.807, 2.05) is 18.2 Å². The first-order chi connectivity index (χ1) is 14.9. The maximum absolute atomic E-state index is 12.6. The fraction of sp³-hybridized carbons (Fsp3) is 0.217. The summed E-state index contributed by atoms with van der Waals surface area (Å²) in [6.07, 6.45) is 1.37. The Balaban J connectivity index is 1.85. The third-order valence-corrected chi connectivity index (χ3v) is 5.19. The number of halogens is 2. The minimum absolute atomic E-state index is 0.202. The molecule has 4 rings (SSSR count). The van der Waals surface area contributed by atoms with E-state index < -0.39 is 5.97 Å². The van der Waals surface area contributed by atoms with Gasteiger partial charge in [0.1, 0.15) is 11.5 Å². The molecule has 0 amide bonds. The van der Waals surface area contributed by atoms with E-state index in [0.717, 1.165) is 21.8 Å². The third-order valence-electron chi connectivity index (χ3n) is 4.66. The summed E-state index contributed by atoms with van der Waals surface area (Å²) in [5, 5.41) is 2.64. The van der Waals surface area contributed by atoms with E-state index in [-0.39, 0.29) is 18.4 Å². The van der Waals surface area contributed by atoms with Gasteiger partial charge in [0.2, 0.25) is 0 Å².